The van der Waals surface area contributed by atoms with Crippen molar-refractivity contribution >= 4 is 17.3 Å². The number of hydrogen-bond acceptors (Lipinski definition) is 5. The van der Waals surface area contributed by atoms with Gasteiger partial charge in [0.25, 0.3) is 0 Å². The minimum Gasteiger partial charge on any atom is -0.373 e. The van der Waals surface area contributed by atoms with Crippen molar-refractivity contribution in [2.75, 3.05) is 24.3 Å². The molecule has 1 heterocycles. The predicted molar refractivity (Wildman–Crippen MR) is 66.5 cm³/mol. The smallest absolute Gasteiger partial charge is 0.311 e. The Morgan fingerprint density at radius 3 is 2.71 bits per heavy atom. The van der Waals surface area contributed by atoms with Crippen LogP contribution in [0.2, 0.25) is 0 Å². The second-order valence-electron chi connectivity index (χ2n) is 4.24. The van der Waals surface area contributed by atoms with Gasteiger partial charge < -0.3 is 10.2 Å². The summed E-state index contributed by atoms with van der Waals surface area (Å²) in [5.74, 6) is 1.10. The van der Waals surface area contributed by atoms with Crippen molar-refractivity contribution in [1.82, 2.24) is 4.98 Å². The van der Waals surface area contributed by atoms with E-state index in [-0.39, 0.29) is 10.6 Å². The third kappa shape index (κ3) is 2.15. The summed E-state index contributed by atoms with van der Waals surface area (Å²) in [6.07, 6.45) is 3.35. The Hall–Kier alpha value is -1.85. The lowest BCUT2D eigenvalue weighted by molar-refractivity contribution is -0.384. The molecule has 0 aliphatic heterocycles. The van der Waals surface area contributed by atoms with Crippen LogP contribution < -0.4 is 10.2 Å². The van der Waals surface area contributed by atoms with Gasteiger partial charge in [0.05, 0.1) is 4.92 Å². The molecule has 92 valence electrons. The van der Waals surface area contributed by atoms with Crippen LogP contribution in [0.4, 0.5) is 17.3 Å². The van der Waals surface area contributed by atoms with Gasteiger partial charge in [0.15, 0.2) is 0 Å². The van der Waals surface area contributed by atoms with Crippen LogP contribution in [0.3, 0.4) is 0 Å². The topological polar surface area (TPSA) is 71.3 Å². The molecule has 6 heteroatoms. The van der Waals surface area contributed by atoms with Gasteiger partial charge in [-0.15, -0.1) is 0 Å². The minimum atomic E-state index is -0.378. The SMILES string of the molecule is CNc1ccc([N+](=O)[O-])c(N(C)C2CCC2)n1. The summed E-state index contributed by atoms with van der Waals surface area (Å²) in [7, 11) is 3.62. The molecule has 0 aromatic carbocycles. The Balaban J connectivity index is 2.36. The fourth-order valence-electron chi connectivity index (χ4n) is 1.93. The number of nitro groups is 1. The second-order valence-corrected chi connectivity index (χ2v) is 4.24. The number of hydrogen-bond donors (Lipinski definition) is 1. The first-order valence-corrected chi connectivity index (χ1v) is 5.69. The number of pyridine rings is 1. The summed E-state index contributed by atoms with van der Waals surface area (Å²) in [4.78, 5) is 16.8. The Morgan fingerprint density at radius 1 is 1.53 bits per heavy atom. The molecule has 1 aliphatic rings. The van der Waals surface area contributed by atoms with Gasteiger partial charge in [-0.1, -0.05) is 0 Å². The molecule has 1 aromatic rings. The van der Waals surface area contributed by atoms with Crippen LogP contribution in [-0.2, 0) is 0 Å². The zero-order valence-corrected chi connectivity index (χ0v) is 10.0. The number of nitrogens with zero attached hydrogens (tertiary/aromatic N) is 3. The standard InChI is InChI=1S/C11H16N4O2/c1-12-10-7-6-9(15(16)17)11(13-10)14(2)8-4-3-5-8/h6-8H,3-5H2,1-2H3,(H,12,13). The van der Waals surface area contributed by atoms with Gasteiger partial charge in [-0.05, 0) is 25.3 Å². The van der Waals surface area contributed by atoms with Crippen LogP contribution in [-0.4, -0.2) is 30.0 Å². The maximum atomic E-state index is 11.0. The first kappa shape index (κ1) is 11.6. The molecule has 0 atom stereocenters. The second kappa shape index (κ2) is 4.57. The molecule has 1 aromatic heterocycles. The highest BCUT2D eigenvalue weighted by molar-refractivity contribution is 5.62. The van der Waals surface area contributed by atoms with E-state index in [1.165, 1.54) is 12.5 Å². The van der Waals surface area contributed by atoms with Crippen LogP contribution >= 0.6 is 0 Å². The maximum absolute atomic E-state index is 11.0. The normalized spacial score (nSPS) is 15.2. The van der Waals surface area contributed by atoms with Crippen molar-refractivity contribution < 1.29 is 4.92 Å². The Labute approximate surface area is 99.8 Å². The van der Waals surface area contributed by atoms with E-state index in [1.807, 2.05) is 11.9 Å². The molecule has 0 bridgehead atoms. The minimum absolute atomic E-state index is 0.0680. The van der Waals surface area contributed by atoms with E-state index in [2.05, 4.69) is 10.3 Å². The number of rotatable bonds is 4. The molecule has 0 saturated heterocycles. The Kier molecular flexibility index (Phi) is 3.12. The molecule has 2 rings (SSSR count). The third-order valence-electron chi connectivity index (χ3n) is 3.26. The van der Waals surface area contributed by atoms with Gasteiger partial charge >= 0.3 is 5.69 Å². The molecule has 0 unspecified atom stereocenters. The van der Waals surface area contributed by atoms with Gasteiger partial charge in [0.2, 0.25) is 5.82 Å². The monoisotopic (exact) mass is 236 g/mol. The van der Waals surface area contributed by atoms with Crippen LogP contribution in [0.5, 0.6) is 0 Å². The highest BCUT2D eigenvalue weighted by atomic mass is 16.6. The summed E-state index contributed by atoms with van der Waals surface area (Å²) in [6, 6.07) is 3.51. The molecule has 1 N–H and O–H groups in total. The average molecular weight is 236 g/mol. The Bertz CT molecular complexity index is 431. The number of anilines is 2. The zero-order valence-electron chi connectivity index (χ0n) is 10.0. The lowest BCUT2D eigenvalue weighted by Gasteiger charge is -2.35. The van der Waals surface area contributed by atoms with Gasteiger partial charge in [-0.25, -0.2) is 4.98 Å². The average Bonchev–Trinajstić information content (AvgIpc) is 2.25. The molecule has 1 aliphatic carbocycles. The van der Waals surface area contributed by atoms with Gasteiger partial charge in [-0.3, -0.25) is 10.1 Å². The summed E-state index contributed by atoms with van der Waals surface area (Å²) in [6.45, 7) is 0. The van der Waals surface area contributed by atoms with Crippen molar-refractivity contribution in [2.24, 2.45) is 0 Å². The number of aromatic nitrogens is 1. The van der Waals surface area contributed by atoms with Crippen molar-refractivity contribution in [2.45, 2.75) is 25.3 Å². The van der Waals surface area contributed by atoms with Crippen molar-refractivity contribution in [3.8, 4) is 0 Å². The summed E-state index contributed by atoms with van der Waals surface area (Å²) >= 11 is 0. The highest BCUT2D eigenvalue weighted by Crippen LogP contribution is 2.33. The molecule has 1 saturated carbocycles. The lowest BCUT2D eigenvalue weighted by Crippen LogP contribution is -2.38. The third-order valence-corrected chi connectivity index (χ3v) is 3.26. The predicted octanol–water partition coefficient (Wildman–Crippen LogP) is 2.02. The van der Waals surface area contributed by atoms with E-state index >= 15 is 0 Å². The van der Waals surface area contributed by atoms with Crippen molar-refractivity contribution in [3.63, 3.8) is 0 Å². The molecule has 6 nitrogen and oxygen atoms in total. The van der Waals surface area contributed by atoms with E-state index < -0.39 is 0 Å². The first-order chi connectivity index (χ1) is 8.13. The van der Waals surface area contributed by atoms with Crippen molar-refractivity contribution in [1.29, 1.82) is 0 Å². The molecular weight excluding hydrogens is 220 g/mol. The fraction of sp³-hybridized carbons (Fsp3) is 0.545. The van der Waals surface area contributed by atoms with Gasteiger partial charge in [-0.2, -0.15) is 0 Å². The van der Waals surface area contributed by atoms with Gasteiger partial charge in [0.1, 0.15) is 5.82 Å². The number of nitrogens with one attached hydrogen (secondary N) is 1. The molecule has 17 heavy (non-hydrogen) atoms. The van der Waals surface area contributed by atoms with Gasteiger partial charge in [0, 0.05) is 26.2 Å². The van der Waals surface area contributed by atoms with E-state index in [4.69, 9.17) is 0 Å². The van der Waals surface area contributed by atoms with E-state index in [9.17, 15) is 10.1 Å². The lowest BCUT2D eigenvalue weighted by atomic mass is 9.92. The van der Waals surface area contributed by atoms with E-state index in [0.717, 1.165) is 12.8 Å². The first-order valence-electron chi connectivity index (χ1n) is 5.69. The van der Waals surface area contributed by atoms with Crippen LogP contribution in [0.15, 0.2) is 12.1 Å². The molecule has 0 radical (unpaired) electrons. The molecule has 0 amide bonds. The van der Waals surface area contributed by atoms with Crippen molar-refractivity contribution in [3.05, 3.63) is 22.2 Å². The largest absolute Gasteiger partial charge is 0.373 e. The molecule has 1 fully saturated rings. The molecule has 0 spiro atoms. The fourth-order valence-corrected chi connectivity index (χ4v) is 1.93. The van der Waals surface area contributed by atoms with Crippen LogP contribution in [0.25, 0.3) is 0 Å². The summed E-state index contributed by atoms with van der Waals surface area (Å²) < 4.78 is 0. The summed E-state index contributed by atoms with van der Waals surface area (Å²) in [5.41, 5.74) is 0.0680. The zero-order chi connectivity index (χ0) is 12.4. The highest BCUT2D eigenvalue weighted by Gasteiger charge is 2.28. The molecular formula is C11H16N4O2. The van der Waals surface area contributed by atoms with E-state index in [1.54, 1.807) is 13.1 Å². The Morgan fingerprint density at radius 2 is 2.24 bits per heavy atom. The van der Waals surface area contributed by atoms with E-state index in [0.29, 0.717) is 17.7 Å². The van der Waals surface area contributed by atoms with Crippen LogP contribution in [0, 0.1) is 10.1 Å². The maximum Gasteiger partial charge on any atom is 0.311 e. The quantitative estimate of drug-likeness (QED) is 0.639. The van der Waals surface area contributed by atoms with Crippen LogP contribution in [0.1, 0.15) is 19.3 Å². The summed E-state index contributed by atoms with van der Waals surface area (Å²) in [5, 5.41) is 13.9.